The van der Waals surface area contributed by atoms with Gasteiger partial charge in [-0.05, 0) is 56.0 Å². The summed E-state index contributed by atoms with van der Waals surface area (Å²) in [6.45, 7) is 2.49. The third-order valence-corrected chi connectivity index (χ3v) is 8.42. The van der Waals surface area contributed by atoms with E-state index in [0.717, 1.165) is 55.6 Å². The summed E-state index contributed by atoms with van der Waals surface area (Å²) in [4.78, 5) is 19.4. The number of carbonyl (C=O) groups is 1. The lowest BCUT2D eigenvalue weighted by Crippen LogP contribution is -2.35. The summed E-state index contributed by atoms with van der Waals surface area (Å²) in [6.07, 6.45) is 5.35. The molecule has 1 saturated carbocycles. The van der Waals surface area contributed by atoms with Gasteiger partial charge in [0.15, 0.2) is 0 Å². The van der Waals surface area contributed by atoms with Crippen molar-refractivity contribution < 1.29 is 23.0 Å². The molecule has 1 aliphatic heterocycles. The maximum absolute atomic E-state index is 14.2. The Bertz CT molecular complexity index is 1650. The van der Waals surface area contributed by atoms with E-state index >= 15 is 0 Å². The normalized spacial score (nSPS) is 16.8. The van der Waals surface area contributed by atoms with E-state index in [1.807, 2.05) is 23.0 Å². The highest BCUT2D eigenvalue weighted by Gasteiger charge is 2.44. The minimum Gasteiger partial charge on any atom is -0.472 e. The van der Waals surface area contributed by atoms with Gasteiger partial charge in [-0.15, -0.1) is 5.10 Å². The number of hydrogen-bond donors (Lipinski definition) is 0. The first kappa shape index (κ1) is 27.8. The molecule has 2 fully saturated rings. The van der Waals surface area contributed by atoms with Crippen molar-refractivity contribution in [3.8, 4) is 11.9 Å². The number of nitriles is 1. The molecule has 0 spiro atoms. The SMILES string of the molecule is COC(=O)c1ccc2nc(CN3CCC(n4ccc(OCc5ccc(C#N)cc5F)n4)CC3)n(CC3(CF)CC3)c2c1. The predicted octanol–water partition coefficient (Wildman–Crippen LogP) is 5.20. The van der Waals surface area contributed by atoms with Crippen molar-refractivity contribution in [2.75, 3.05) is 26.9 Å². The number of hydrogen-bond acceptors (Lipinski definition) is 7. The van der Waals surface area contributed by atoms with Gasteiger partial charge in [-0.25, -0.2) is 14.2 Å². The average Bonchev–Trinajstić information content (AvgIpc) is 3.50. The van der Waals surface area contributed by atoms with E-state index in [0.29, 0.717) is 30.1 Å². The largest absolute Gasteiger partial charge is 0.472 e. The lowest BCUT2D eigenvalue weighted by molar-refractivity contribution is 0.0601. The fourth-order valence-electron chi connectivity index (χ4n) is 5.59. The molecule has 42 heavy (non-hydrogen) atoms. The zero-order valence-electron chi connectivity index (χ0n) is 23.4. The monoisotopic (exact) mass is 574 g/mol. The van der Waals surface area contributed by atoms with Crippen molar-refractivity contribution in [3.63, 3.8) is 0 Å². The molecule has 4 aromatic rings. The minimum atomic E-state index is -0.477. The Morgan fingerprint density at radius 1 is 1.17 bits per heavy atom. The van der Waals surface area contributed by atoms with Crippen molar-refractivity contribution in [3.05, 3.63) is 77.0 Å². The maximum atomic E-state index is 14.2. The Labute approximate surface area is 242 Å². The van der Waals surface area contributed by atoms with E-state index in [1.165, 1.54) is 13.2 Å². The van der Waals surface area contributed by atoms with Crippen LogP contribution in [-0.2, 0) is 24.4 Å². The molecule has 0 unspecified atom stereocenters. The summed E-state index contributed by atoms with van der Waals surface area (Å²) in [5.41, 5.74) is 2.35. The molecule has 1 aliphatic carbocycles. The lowest BCUT2D eigenvalue weighted by Gasteiger charge is -2.32. The van der Waals surface area contributed by atoms with Crippen molar-refractivity contribution >= 4 is 17.0 Å². The molecular weight excluding hydrogens is 542 g/mol. The highest BCUT2D eigenvalue weighted by molar-refractivity contribution is 5.93. The highest BCUT2D eigenvalue weighted by Crippen LogP contribution is 2.48. The molecule has 0 radical (unpaired) electrons. The number of rotatable bonds is 10. The number of piperidine rings is 1. The van der Waals surface area contributed by atoms with Gasteiger partial charge in [0.25, 0.3) is 0 Å². The first-order valence-electron chi connectivity index (χ1n) is 14.1. The van der Waals surface area contributed by atoms with Crippen LogP contribution >= 0.6 is 0 Å². The molecule has 9 nitrogen and oxygen atoms in total. The van der Waals surface area contributed by atoms with Crippen molar-refractivity contribution in [1.29, 1.82) is 5.26 Å². The summed E-state index contributed by atoms with van der Waals surface area (Å²) in [5, 5.41) is 13.5. The van der Waals surface area contributed by atoms with Crippen LogP contribution in [0.5, 0.6) is 5.88 Å². The molecule has 2 aromatic heterocycles. The molecular formula is C31H32F2N6O3. The molecule has 0 bridgehead atoms. The summed E-state index contributed by atoms with van der Waals surface area (Å²) in [5.74, 6) is 0.405. The summed E-state index contributed by atoms with van der Waals surface area (Å²) < 4.78 is 42.7. The van der Waals surface area contributed by atoms with Gasteiger partial charge in [0.1, 0.15) is 18.2 Å². The van der Waals surface area contributed by atoms with Crippen LogP contribution in [0.25, 0.3) is 11.0 Å². The number of halogens is 2. The molecule has 0 N–H and O–H groups in total. The zero-order valence-corrected chi connectivity index (χ0v) is 23.4. The number of benzene rings is 2. The number of nitrogens with zero attached hydrogens (tertiary/aromatic N) is 6. The van der Waals surface area contributed by atoms with Gasteiger partial charge in [-0.3, -0.25) is 14.0 Å². The average molecular weight is 575 g/mol. The van der Waals surface area contributed by atoms with E-state index in [1.54, 1.807) is 30.3 Å². The van der Waals surface area contributed by atoms with Gasteiger partial charge in [0, 0.05) is 42.9 Å². The Balaban J connectivity index is 1.10. The van der Waals surface area contributed by atoms with Crippen LogP contribution in [0.3, 0.4) is 0 Å². The van der Waals surface area contributed by atoms with Crippen molar-refractivity contribution in [2.24, 2.45) is 5.41 Å². The number of ether oxygens (including phenoxy) is 2. The van der Waals surface area contributed by atoms with Gasteiger partial charge in [-0.1, -0.05) is 6.07 Å². The second kappa shape index (κ2) is 11.5. The number of methoxy groups -OCH3 is 1. The predicted molar refractivity (Wildman–Crippen MR) is 150 cm³/mol. The molecule has 11 heteroatoms. The van der Waals surface area contributed by atoms with Crippen LogP contribution in [-0.4, -0.2) is 57.1 Å². The quantitative estimate of drug-likeness (QED) is 0.240. The number of fused-ring (bicyclic) bond motifs is 1. The smallest absolute Gasteiger partial charge is 0.337 e. The third kappa shape index (κ3) is 5.72. The maximum Gasteiger partial charge on any atom is 0.337 e. The van der Waals surface area contributed by atoms with Gasteiger partial charge in [-0.2, -0.15) is 5.26 Å². The van der Waals surface area contributed by atoms with Crippen LogP contribution in [0.15, 0.2) is 48.7 Å². The standard InChI is InChI=1S/C31H32F2N6O3/c1-41-30(40)22-4-5-26-27(15-22)38(20-31(19-32)9-10-31)28(35-26)17-37-11-6-24(7-12-37)39-13-8-29(36-39)42-18-23-3-2-21(16-34)14-25(23)33/h2-5,8,13-15,24H,6-7,9-12,17-20H2,1H3. The topological polar surface area (TPSA) is 98.2 Å². The lowest BCUT2D eigenvalue weighted by atomic mass is 10.1. The van der Waals surface area contributed by atoms with Crippen molar-refractivity contribution in [1.82, 2.24) is 24.2 Å². The number of aromatic nitrogens is 4. The van der Waals surface area contributed by atoms with Crippen molar-refractivity contribution in [2.45, 2.75) is 51.4 Å². The number of imidazole rings is 1. The molecule has 2 aliphatic rings. The molecule has 218 valence electrons. The minimum absolute atomic E-state index is 0.0266. The Morgan fingerprint density at radius 2 is 1.98 bits per heavy atom. The fourth-order valence-corrected chi connectivity index (χ4v) is 5.59. The van der Waals surface area contributed by atoms with Gasteiger partial charge in [0.2, 0.25) is 5.88 Å². The summed E-state index contributed by atoms with van der Waals surface area (Å²) in [6, 6.07) is 13.6. The van der Waals surface area contributed by atoms with E-state index in [9.17, 15) is 13.6 Å². The zero-order chi connectivity index (χ0) is 29.3. The molecule has 1 saturated heterocycles. The van der Waals surface area contributed by atoms with E-state index in [2.05, 4.69) is 14.6 Å². The first-order chi connectivity index (χ1) is 20.4. The first-order valence-corrected chi connectivity index (χ1v) is 14.1. The summed E-state index contributed by atoms with van der Waals surface area (Å²) in [7, 11) is 1.36. The Morgan fingerprint density at radius 3 is 2.67 bits per heavy atom. The van der Waals surface area contributed by atoms with E-state index in [4.69, 9.17) is 19.7 Å². The Hall–Kier alpha value is -4.30. The number of carbonyl (C=O) groups excluding carboxylic acids is 1. The van der Waals surface area contributed by atoms with Crippen LogP contribution in [0.4, 0.5) is 8.78 Å². The van der Waals surface area contributed by atoms with E-state index < -0.39 is 11.8 Å². The van der Waals surface area contributed by atoms with Crippen LogP contribution in [0.2, 0.25) is 0 Å². The molecule has 6 rings (SSSR count). The van der Waals surface area contributed by atoms with Crippen LogP contribution in [0.1, 0.15) is 59.0 Å². The number of alkyl halides is 1. The second-order valence-electron chi connectivity index (χ2n) is 11.3. The van der Waals surface area contributed by atoms with Crippen LogP contribution in [0, 0.1) is 22.6 Å². The summed E-state index contributed by atoms with van der Waals surface area (Å²) >= 11 is 0. The molecule has 0 atom stereocenters. The molecule has 3 heterocycles. The third-order valence-electron chi connectivity index (χ3n) is 8.42. The molecule has 0 amide bonds. The van der Waals surface area contributed by atoms with Crippen LogP contribution < -0.4 is 4.74 Å². The molecule has 2 aromatic carbocycles. The highest BCUT2D eigenvalue weighted by atomic mass is 19.1. The van der Waals surface area contributed by atoms with Gasteiger partial charge in [0.05, 0.1) is 54.6 Å². The number of esters is 1. The van der Waals surface area contributed by atoms with Gasteiger partial charge < -0.3 is 14.0 Å². The second-order valence-corrected chi connectivity index (χ2v) is 11.3. The Kier molecular flexibility index (Phi) is 7.64. The number of likely N-dealkylation sites (tertiary alicyclic amines) is 1. The fraction of sp³-hybridized carbons (Fsp3) is 0.419. The van der Waals surface area contributed by atoms with E-state index in [-0.39, 0.29) is 30.3 Å². The van der Waals surface area contributed by atoms with Gasteiger partial charge >= 0.3 is 5.97 Å².